The van der Waals surface area contributed by atoms with E-state index in [2.05, 4.69) is 0 Å². The fourth-order valence-corrected chi connectivity index (χ4v) is 6.90. The quantitative estimate of drug-likeness (QED) is 0.333. The minimum absolute atomic E-state index is 0.0967. The van der Waals surface area contributed by atoms with Gasteiger partial charge in [-0.1, -0.05) is 6.92 Å². The zero-order chi connectivity index (χ0) is 21.8. The van der Waals surface area contributed by atoms with Crippen molar-refractivity contribution < 1.29 is 41.2 Å². The van der Waals surface area contributed by atoms with Crippen LogP contribution in [0.25, 0.3) is 0 Å². The lowest BCUT2D eigenvalue weighted by Gasteiger charge is -2.38. The SMILES string of the molecule is CCC(C)(C)C(=O)OC1C2OS(=O)(=O)C3CC1(COC(C)=O)CC23COC(C)=O. The highest BCUT2D eigenvalue weighted by Gasteiger charge is 2.80. The molecule has 5 atom stereocenters. The van der Waals surface area contributed by atoms with Gasteiger partial charge in [-0.05, 0) is 33.1 Å². The van der Waals surface area contributed by atoms with Crippen LogP contribution >= 0.6 is 0 Å². The maximum atomic E-state index is 12.8. The van der Waals surface area contributed by atoms with E-state index in [4.69, 9.17) is 18.4 Å². The summed E-state index contributed by atoms with van der Waals surface area (Å²) < 4.78 is 47.1. The topological polar surface area (TPSA) is 122 Å². The van der Waals surface area contributed by atoms with Crippen LogP contribution in [0, 0.1) is 16.2 Å². The summed E-state index contributed by atoms with van der Waals surface area (Å²) in [4.78, 5) is 35.7. The van der Waals surface area contributed by atoms with E-state index in [-0.39, 0.29) is 26.1 Å². The van der Waals surface area contributed by atoms with Crippen LogP contribution in [0.1, 0.15) is 53.9 Å². The van der Waals surface area contributed by atoms with Crippen LogP contribution in [0.3, 0.4) is 0 Å². The molecule has 2 saturated carbocycles. The molecule has 10 heteroatoms. The Balaban J connectivity index is 2.01. The molecular formula is C19H28O9S. The molecule has 164 valence electrons. The van der Waals surface area contributed by atoms with Crippen molar-refractivity contribution in [3.8, 4) is 0 Å². The Bertz CT molecular complexity index is 833. The first-order valence-electron chi connectivity index (χ1n) is 9.70. The molecule has 0 spiro atoms. The average molecular weight is 432 g/mol. The van der Waals surface area contributed by atoms with E-state index >= 15 is 0 Å². The first-order chi connectivity index (χ1) is 13.3. The van der Waals surface area contributed by atoms with Gasteiger partial charge in [0.25, 0.3) is 10.1 Å². The number of esters is 3. The lowest BCUT2D eigenvalue weighted by Crippen LogP contribution is -2.51. The molecule has 3 rings (SSSR count). The van der Waals surface area contributed by atoms with E-state index in [1.165, 1.54) is 13.8 Å². The van der Waals surface area contributed by atoms with Crippen LogP contribution < -0.4 is 0 Å². The number of hydrogen-bond donors (Lipinski definition) is 0. The van der Waals surface area contributed by atoms with Crippen molar-refractivity contribution in [1.82, 2.24) is 0 Å². The van der Waals surface area contributed by atoms with Gasteiger partial charge in [-0.15, -0.1) is 0 Å². The van der Waals surface area contributed by atoms with Gasteiger partial charge in [0.1, 0.15) is 25.4 Å². The second kappa shape index (κ2) is 6.94. The Kier molecular flexibility index (Phi) is 5.27. The molecular weight excluding hydrogens is 404 g/mol. The Hall–Kier alpha value is -1.68. The molecule has 1 saturated heterocycles. The summed E-state index contributed by atoms with van der Waals surface area (Å²) >= 11 is 0. The van der Waals surface area contributed by atoms with Crippen molar-refractivity contribution in [3.05, 3.63) is 0 Å². The highest BCUT2D eigenvalue weighted by Crippen LogP contribution is 2.69. The van der Waals surface area contributed by atoms with Crippen LogP contribution in [-0.4, -0.2) is 57.0 Å². The van der Waals surface area contributed by atoms with Gasteiger partial charge in [0.2, 0.25) is 0 Å². The second-order valence-corrected chi connectivity index (χ2v) is 10.8. The molecule has 2 aliphatic carbocycles. The zero-order valence-electron chi connectivity index (χ0n) is 17.4. The van der Waals surface area contributed by atoms with Gasteiger partial charge in [0.15, 0.2) is 0 Å². The van der Waals surface area contributed by atoms with Crippen LogP contribution in [0.4, 0.5) is 0 Å². The first kappa shape index (κ1) is 22.0. The number of ether oxygens (including phenoxy) is 3. The average Bonchev–Trinajstić information content (AvgIpc) is 3.13. The number of carbonyl (C=O) groups excluding carboxylic acids is 3. The maximum Gasteiger partial charge on any atom is 0.311 e. The van der Waals surface area contributed by atoms with Gasteiger partial charge in [-0.3, -0.25) is 18.6 Å². The molecule has 0 amide bonds. The summed E-state index contributed by atoms with van der Waals surface area (Å²) in [6.07, 6.45) is -1.03. The van der Waals surface area contributed by atoms with Gasteiger partial charge >= 0.3 is 17.9 Å². The molecule has 29 heavy (non-hydrogen) atoms. The number of fused-ring (bicyclic) bond motifs is 1. The normalized spacial score (nSPS) is 36.7. The summed E-state index contributed by atoms with van der Waals surface area (Å²) in [6, 6.07) is 0. The summed E-state index contributed by atoms with van der Waals surface area (Å²) in [5, 5.41) is -0.913. The molecule has 2 bridgehead atoms. The fraction of sp³-hybridized carbons (Fsp3) is 0.842. The lowest BCUT2D eigenvalue weighted by atomic mass is 9.77. The monoisotopic (exact) mass is 432 g/mol. The number of rotatable bonds is 7. The minimum atomic E-state index is -3.95. The van der Waals surface area contributed by atoms with Crippen molar-refractivity contribution in [2.24, 2.45) is 16.2 Å². The highest BCUT2D eigenvalue weighted by molar-refractivity contribution is 7.87. The van der Waals surface area contributed by atoms with E-state index in [1.54, 1.807) is 13.8 Å². The maximum absolute atomic E-state index is 12.8. The predicted octanol–water partition coefficient (Wildman–Crippen LogP) is 1.34. The van der Waals surface area contributed by atoms with Crippen molar-refractivity contribution in [1.29, 1.82) is 0 Å². The second-order valence-electron chi connectivity index (χ2n) is 9.10. The van der Waals surface area contributed by atoms with E-state index in [0.29, 0.717) is 6.42 Å². The minimum Gasteiger partial charge on any atom is -0.465 e. The number of hydrogen-bond acceptors (Lipinski definition) is 9. The third kappa shape index (κ3) is 3.43. The summed E-state index contributed by atoms with van der Waals surface area (Å²) in [5.41, 5.74) is -2.72. The molecule has 0 radical (unpaired) electrons. The van der Waals surface area contributed by atoms with Crippen molar-refractivity contribution in [3.63, 3.8) is 0 Å². The standard InChI is InChI=1S/C19H28O9S/c1-6-17(4,5)16(22)27-14-15-19(10-26-12(3)21)8-18(14,9-25-11(2)20)7-13(19)29(23,24)28-15/h13-15H,6-10H2,1-5H3. The zero-order valence-corrected chi connectivity index (χ0v) is 18.2. The molecule has 1 heterocycles. The predicted molar refractivity (Wildman–Crippen MR) is 98.9 cm³/mol. The van der Waals surface area contributed by atoms with Crippen LogP contribution in [0.15, 0.2) is 0 Å². The summed E-state index contributed by atoms with van der Waals surface area (Å²) in [7, 11) is -3.95. The highest BCUT2D eigenvalue weighted by atomic mass is 32.2. The molecule has 0 aromatic heterocycles. The molecule has 1 aliphatic heterocycles. The smallest absolute Gasteiger partial charge is 0.311 e. The molecule has 5 unspecified atom stereocenters. The summed E-state index contributed by atoms with van der Waals surface area (Å²) in [5.74, 6) is -1.54. The Morgan fingerprint density at radius 3 is 2.24 bits per heavy atom. The van der Waals surface area contributed by atoms with Gasteiger partial charge in [0.05, 0.1) is 16.1 Å². The van der Waals surface area contributed by atoms with Crippen LogP contribution in [0.5, 0.6) is 0 Å². The Morgan fingerprint density at radius 1 is 1.10 bits per heavy atom. The fourth-order valence-electron chi connectivity index (χ4n) is 4.79. The van der Waals surface area contributed by atoms with Crippen LogP contribution in [0.2, 0.25) is 0 Å². The molecule has 0 aromatic carbocycles. The van der Waals surface area contributed by atoms with E-state index in [9.17, 15) is 22.8 Å². The van der Waals surface area contributed by atoms with Crippen molar-refractivity contribution in [2.75, 3.05) is 13.2 Å². The van der Waals surface area contributed by atoms with Crippen LogP contribution in [-0.2, 0) is 42.9 Å². The summed E-state index contributed by atoms with van der Waals surface area (Å²) in [6.45, 7) is 7.58. The molecule has 0 N–H and O–H groups in total. The third-order valence-corrected chi connectivity index (χ3v) is 8.53. The molecule has 9 nitrogen and oxygen atoms in total. The molecule has 3 aliphatic rings. The Morgan fingerprint density at radius 2 is 1.69 bits per heavy atom. The first-order valence-corrected chi connectivity index (χ1v) is 11.2. The third-order valence-electron chi connectivity index (χ3n) is 6.72. The van der Waals surface area contributed by atoms with Gasteiger partial charge in [-0.25, -0.2) is 0 Å². The lowest BCUT2D eigenvalue weighted by molar-refractivity contribution is -0.179. The van der Waals surface area contributed by atoms with Crippen molar-refractivity contribution in [2.45, 2.75) is 71.3 Å². The van der Waals surface area contributed by atoms with E-state index in [0.717, 1.165) is 0 Å². The largest absolute Gasteiger partial charge is 0.465 e. The van der Waals surface area contributed by atoms with Crippen molar-refractivity contribution >= 4 is 28.0 Å². The molecule has 0 aromatic rings. The number of carbonyl (C=O) groups is 3. The van der Waals surface area contributed by atoms with Gasteiger partial charge in [-0.2, -0.15) is 8.42 Å². The van der Waals surface area contributed by atoms with Gasteiger partial charge < -0.3 is 14.2 Å². The van der Waals surface area contributed by atoms with E-state index in [1.807, 2.05) is 6.92 Å². The van der Waals surface area contributed by atoms with Gasteiger partial charge in [0, 0.05) is 19.3 Å². The van der Waals surface area contributed by atoms with E-state index < -0.39 is 61.7 Å². The molecule has 3 fully saturated rings. The Labute approximate surface area is 170 Å².